The van der Waals surface area contributed by atoms with Gasteiger partial charge in [0.2, 0.25) is 0 Å². The van der Waals surface area contributed by atoms with Gasteiger partial charge in [0, 0.05) is 25.8 Å². The molecule has 1 fully saturated rings. The average molecular weight is 288 g/mol. The molecule has 5 nitrogen and oxygen atoms in total. The standard InChI is InChI=1S/C13H18F2N2O3/c1-9-13(19,4-6-20-9)8-16-12(18)10-3-2-5-17(10)7-11(14)15/h2-3,5,9,11,19H,4,6-8H2,1H3,(H,16,18). The maximum atomic E-state index is 12.4. The molecular formula is C13H18F2N2O3. The Morgan fingerprint density at radius 2 is 2.45 bits per heavy atom. The van der Waals surface area contributed by atoms with Crippen LogP contribution in [0.1, 0.15) is 23.8 Å². The molecule has 0 bridgehead atoms. The number of alkyl halides is 2. The first-order valence-corrected chi connectivity index (χ1v) is 6.48. The van der Waals surface area contributed by atoms with Gasteiger partial charge in [-0.05, 0) is 19.1 Å². The van der Waals surface area contributed by atoms with E-state index in [2.05, 4.69) is 5.32 Å². The van der Waals surface area contributed by atoms with Crippen LogP contribution in [0.3, 0.4) is 0 Å². The predicted octanol–water partition coefficient (Wildman–Crippen LogP) is 1.02. The van der Waals surface area contributed by atoms with Crippen LogP contribution >= 0.6 is 0 Å². The molecule has 2 unspecified atom stereocenters. The lowest BCUT2D eigenvalue weighted by molar-refractivity contribution is -0.0252. The van der Waals surface area contributed by atoms with Crippen molar-refractivity contribution in [2.24, 2.45) is 0 Å². The van der Waals surface area contributed by atoms with Crippen LogP contribution in [0.5, 0.6) is 0 Å². The molecule has 1 saturated heterocycles. The van der Waals surface area contributed by atoms with E-state index in [1.54, 1.807) is 6.92 Å². The Balaban J connectivity index is 1.97. The molecule has 1 amide bonds. The number of nitrogens with one attached hydrogen (secondary N) is 1. The second-order valence-electron chi connectivity index (χ2n) is 4.99. The summed E-state index contributed by atoms with van der Waals surface area (Å²) in [6, 6.07) is 3.00. The number of halogens is 2. The van der Waals surface area contributed by atoms with Crippen molar-refractivity contribution in [3.63, 3.8) is 0 Å². The van der Waals surface area contributed by atoms with Gasteiger partial charge in [0.05, 0.1) is 12.6 Å². The number of ether oxygens (including phenoxy) is 1. The zero-order valence-corrected chi connectivity index (χ0v) is 11.2. The van der Waals surface area contributed by atoms with E-state index in [-0.39, 0.29) is 18.3 Å². The lowest BCUT2D eigenvalue weighted by Crippen LogP contribution is -2.47. The van der Waals surface area contributed by atoms with Crippen molar-refractivity contribution >= 4 is 5.91 Å². The maximum Gasteiger partial charge on any atom is 0.268 e. The summed E-state index contributed by atoms with van der Waals surface area (Å²) in [5, 5.41) is 12.8. The van der Waals surface area contributed by atoms with Crippen LogP contribution in [-0.2, 0) is 11.3 Å². The fraction of sp³-hybridized carbons (Fsp3) is 0.615. The number of aliphatic hydroxyl groups is 1. The van der Waals surface area contributed by atoms with E-state index in [1.165, 1.54) is 22.9 Å². The van der Waals surface area contributed by atoms with Gasteiger partial charge in [0.15, 0.2) is 0 Å². The predicted molar refractivity (Wildman–Crippen MR) is 67.8 cm³/mol. The van der Waals surface area contributed by atoms with Gasteiger partial charge in [-0.2, -0.15) is 0 Å². The fourth-order valence-corrected chi connectivity index (χ4v) is 2.25. The number of hydrogen-bond donors (Lipinski definition) is 2. The summed E-state index contributed by atoms with van der Waals surface area (Å²) in [6.07, 6.45) is -1.03. The average Bonchev–Trinajstić information content (AvgIpc) is 2.95. The minimum atomic E-state index is -2.53. The summed E-state index contributed by atoms with van der Waals surface area (Å²) in [5.74, 6) is -0.483. The molecule has 112 valence electrons. The van der Waals surface area contributed by atoms with E-state index >= 15 is 0 Å². The number of amides is 1. The van der Waals surface area contributed by atoms with E-state index in [0.717, 1.165) is 0 Å². The SMILES string of the molecule is CC1OCCC1(O)CNC(=O)c1cccn1CC(F)F. The second kappa shape index (κ2) is 5.88. The molecule has 2 N–H and O–H groups in total. The van der Waals surface area contributed by atoms with Gasteiger partial charge in [0.1, 0.15) is 11.3 Å². The molecular weight excluding hydrogens is 270 g/mol. The van der Waals surface area contributed by atoms with Crippen molar-refractivity contribution < 1.29 is 23.4 Å². The fourth-order valence-electron chi connectivity index (χ4n) is 2.25. The van der Waals surface area contributed by atoms with Crippen LogP contribution in [0.2, 0.25) is 0 Å². The molecule has 0 spiro atoms. The van der Waals surface area contributed by atoms with Crippen LogP contribution < -0.4 is 5.32 Å². The summed E-state index contributed by atoms with van der Waals surface area (Å²) >= 11 is 0. The summed E-state index contributed by atoms with van der Waals surface area (Å²) < 4.78 is 31.2. The zero-order chi connectivity index (χ0) is 14.8. The Morgan fingerprint density at radius 1 is 1.70 bits per heavy atom. The minimum Gasteiger partial charge on any atom is -0.385 e. The molecule has 20 heavy (non-hydrogen) atoms. The van der Waals surface area contributed by atoms with Gasteiger partial charge in [-0.25, -0.2) is 8.78 Å². The topological polar surface area (TPSA) is 63.5 Å². The van der Waals surface area contributed by atoms with Crippen molar-refractivity contribution in [2.75, 3.05) is 13.2 Å². The van der Waals surface area contributed by atoms with Crippen LogP contribution in [0, 0.1) is 0 Å². The Morgan fingerprint density at radius 3 is 3.05 bits per heavy atom. The number of aromatic nitrogens is 1. The van der Waals surface area contributed by atoms with Crippen LogP contribution in [0.25, 0.3) is 0 Å². The van der Waals surface area contributed by atoms with Crippen molar-refractivity contribution in [3.05, 3.63) is 24.0 Å². The van der Waals surface area contributed by atoms with Gasteiger partial charge in [-0.1, -0.05) is 0 Å². The summed E-state index contributed by atoms with van der Waals surface area (Å²) in [5.41, 5.74) is -0.948. The summed E-state index contributed by atoms with van der Waals surface area (Å²) in [6.45, 7) is 1.68. The Kier molecular flexibility index (Phi) is 4.39. The molecule has 1 aromatic heterocycles. The Hall–Kier alpha value is -1.47. The van der Waals surface area contributed by atoms with Gasteiger partial charge >= 0.3 is 0 Å². The third kappa shape index (κ3) is 3.16. The van der Waals surface area contributed by atoms with Gasteiger partial charge in [-0.3, -0.25) is 4.79 Å². The number of carbonyl (C=O) groups is 1. The summed E-state index contributed by atoms with van der Waals surface area (Å²) in [7, 11) is 0. The first-order chi connectivity index (χ1) is 9.42. The number of carbonyl (C=O) groups excluding carboxylic acids is 1. The second-order valence-corrected chi connectivity index (χ2v) is 4.99. The van der Waals surface area contributed by atoms with Crippen LogP contribution in [0.15, 0.2) is 18.3 Å². The summed E-state index contributed by atoms with van der Waals surface area (Å²) in [4.78, 5) is 12.0. The van der Waals surface area contributed by atoms with Gasteiger partial charge < -0.3 is 19.7 Å². The van der Waals surface area contributed by atoms with Crippen LogP contribution in [-0.4, -0.2) is 46.9 Å². The van der Waals surface area contributed by atoms with E-state index in [9.17, 15) is 18.7 Å². The third-order valence-electron chi connectivity index (χ3n) is 3.61. The maximum absolute atomic E-state index is 12.4. The molecule has 7 heteroatoms. The lowest BCUT2D eigenvalue weighted by Gasteiger charge is -2.26. The molecule has 1 aliphatic heterocycles. The molecule has 1 aromatic rings. The molecule has 2 atom stereocenters. The monoisotopic (exact) mass is 288 g/mol. The Labute approximate surface area is 115 Å². The number of rotatable bonds is 5. The normalized spacial score (nSPS) is 26.1. The molecule has 0 aromatic carbocycles. The highest BCUT2D eigenvalue weighted by Crippen LogP contribution is 2.24. The first kappa shape index (κ1) is 14.9. The van der Waals surface area contributed by atoms with Gasteiger partial charge in [0.25, 0.3) is 12.3 Å². The minimum absolute atomic E-state index is 0.0346. The van der Waals surface area contributed by atoms with Crippen molar-refractivity contribution in [1.82, 2.24) is 9.88 Å². The van der Waals surface area contributed by atoms with Crippen molar-refractivity contribution in [1.29, 1.82) is 0 Å². The highest BCUT2D eigenvalue weighted by atomic mass is 19.3. The number of nitrogens with zero attached hydrogens (tertiary/aromatic N) is 1. The molecule has 2 heterocycles. The van der Waals surface area contributed by atoms with E-state index in [4.69, 9.17) is 4.74 Å². The van der Waals surface area contributed by atoms with Crippen molar-refractivity contribution in [2.45, 2.75) is 38.0 Å². The molecule has 0 radical (unpaired) electrons. The largest absolute Gasteiger partial charge is 0.385 e. The van der Waals surface area contributed by atoms with E-state index < -0.39 is 24.5 Å². The molecule has 0 saturated carbocycles. The number of hydrogen-bond acceptors (Lipinski definition) is 3. The lowest BCUT2D eigenvalue weighted by atomic mass is 9.97. The van der Waals surface area contributed by atoms with Gasteiger partial charge in [-0.15, -0.1) is 0 Å². The first-order valence-electron chi connectivity index (χ1n) is 6.48. The third-order valence-corrected chi connectivity index (χ3v) is 3.61. The molecule has 0 aliphatic carbocycles. The van der Waals surface area contributed by atoms with E-state index in [1.807, 2.05) is 0 Å². The van der Waals surface area contributed by atoms with Crippen LogP contribution in [0.4, 0.5) is 8.78 Å². The zero-order valence-electron chi connectivity index (χ0n) is 11.2. The quantitative estimate of drug-likeness (QED) is 0.850. The molecule has 2 rings (SSSR count). The Bertz CT molecular complexity index is 478. The smallest absolute Gasteiger partial charge is 0.268 e. The highest BCUT2D eigenvalue weighted by Gasteiger charge is 2.39. The molecule has 1 aliphatic rings. The van der Waals surface area contributed by atoms with E-state index in [0.29, 0.717) is 13.0 Å². The van der Waals surface area contributed by atoms with Crippen molar-refractivity contribution in [3.8, 4) is 0 Å². The highest BCUT2D eigenvalue weighted by molar-refractivity contribution is 5.92.